The normalized spacial score (nSPS) is 17.7. The van der Waals surface area contributed by atoms with E-state index in [1.54, 1.807) is 12.1 Å². The van der Waals surface area contributed by atoms with E-state index in [1.807, 2.05) is 0 Å². The fourth-order valence-corrected chi connectivity index (χ4v) is 3.48. The molecule has 1 aliphatic rings. The number of alkyl halides is 3. The van der Waals surface area contributed by atoms with Gasteiger partial charge in [0.05, 0.1) is 31.1 Å². The van der Waals surface area contributed by atoms with Gasteiger partial charge in [-0.05, 0) is 43.7 Å². The molecular weight excluding hydrogens is 471 g/mol. The minimum Gasteiger partial charge on any atom is -0.496 e. The van der Waals surface area contributed by atoms with Gasteiger partial charge in [0.25, 0.3) is 5.91 Å². The first-order chi connectivity index (χ1) is 16.5. The first kappa shape index (κ1) is 24.6. The molecule has 0 spiro atoms. The molecule has 12 heteroatoms. The van der Waals surface area contributed by atoms with Gasteiger partial charge in [-0.1, -0.05) is 0 Å². The topological polar surface area (TPSA) is 115 Å². The third-order valence-electron chi connectivity index (χ3n) is 5.56. The molecule has 1 aliphatic carbocycles. The van der Waals surface area contributed by atoms with Gasteiger partial charge in [-0.15, -0.1) is 0 Å². The first-order valence-electron chi connectivity index (χ1n) is 10.6. The average Bonchev–Trinajstić information content (AvgIpc) is 3.30. The SMILES string of the molecule is COc1cc(-c2cnn3cc(OC(C)(C)C(O)O)ccc23)cc(OC(F)F)c1C(=O)N[C@@H]1C[C@@H]1F. The highest BCUT2D eigenvalue weighted by Gasteiger charge is 2.40. The standard InChI is InChI=1S/C23H24F3N3O6/c1-23(2,21(31)32)35-12-4-5-16-13(9-27-29(16)10-12)11-6-17(33-3)19(18(7-11)34-22(25)26)20(30)28-15-8-14(15)24/h4-7,9-10,14-15,21-22,31-32H,8H2,1-3H3,(H,28,30)/t14-,15+/m0/s1. The number of benzene rings is 1. The summed E-state index contributed by atoms with van der Waals surface area (Å²) in [4.78, 5) is 12.7. The lowest BCUT2D eigenvalue weighted by Gasteiger charge is -2.27. The van der Waals surface area contributed by atoms with Gasteiger partial charge in [0.1, 0.15) is 29.0 Å². The summed E-state index contributed by atoms with van der Waals surface area (Å²) in [6.07, 6.45) is 0.242. The number of nitrogens with zero attached hydrogens (tertiary/aromatic N) is 2. The third kappa shape index (κ3) is 5.13. The van der Waals surface area contributed by atoms with Crippen molar-refractivity contribution in [2.75, 3.05) is 7.11 Å². The van der Waals surface area contributed by atoms with E-state index in [-0.39, 0.29) is 17.7 Å². The maximum Gasteiger partial charge on any atom is 0.387 e. The highest BCUT2D eigenvalue weighted by atomic mass is 19.3. The number of hydrogen-bond acceptors (Lipinski definition) is 7. The lowest BCUT2D eigenvalue weighted by molar-refractivity contribution is -0.154. The fraction of sp³-hybridized carbons (Fsp3) is 0.391. The molecule has 3 N–H and O–H groups in total. The monoisotopic (exact) mass is 495 g/mol. The molecule has 1 amide bonds. The predicted octanol–water partition coefficient (Wildman–Crippen LogP) is 2.92. The number of carbonyl (C=O) groups is 1. The molecule has 35 heavy (non-hydrogen) atoms. The Balaban J connectivity index is 1.73. The number of aliphatic hydroxyl groups is 2. The highest BCUT2D eigenvalue weighted by molar-refractivity contribution is 6.01. The molecule has 2 heterocycles. The number of halogens is 3. The molecule has 0 bridgehead atoms. The van der Waals surface area contributed by atoms with E-state index >= 15 is 0 Å². The number of hydrogen-bond donors (Lipinski definition) is 3. The van der Waals surface area contributed by atoms with Crippen LogP contribution in [0, 0.1) is 0 Å². The van der Waals surface area contributed by atoms with E-state index < -0.39 is 42.4 Å². The van der Waals surface area contributed by atoms with Crippen LogP contribution in [-0.2, 0) is 0 Å². The molecule has 4 rings (SSSR count). The zero-order chi connectivity index (χ0) is 25.5. The Morgan fingerprint density at radius 2 is 1.94 bits per heavy atom. The second kappa shape index (κ2) is 9.27. The van der Waals surface area contributed by atoms with Crippen LogP contribution < -0.4 is 19.5 Å². The van der Waals surface area contributed by atoms with Crippen molar-refractivity contribution in [1.82, 2.24) is 14.9 Å². The number of aromatic nitrogens is 2. The van der Waals surface area contributed by atoms with Crippen LogP contribution in [0.4, 0.5) is 13.2 Å². The molecule has 0 saturated heterocycles. The van der Waals surface area contributed by atoms with Crippen LogP contribution in [0.15, 0.2) is 36.7 Å². The lowest BCUT2D eigenvalue weighted by atomic mass is 10.0. The van der Waals surface area contributed by atoms with Crippen LogP contribution in [0.2, 0.25) is 0 Å². The second-order valence-electron chi connectivity index (χ2n) is 8.59. The van der Waals surface area contributed by atoms with E-state index in [4.69, 9.17) is 9.47 Å². The number of aliphatic hydroxyl groups excluding tert-OH is 1. The molecular formula is C23H24F3N3O6. The van der Waals surface area contributed by atoms with Gasteiger partial charge >= 0.3 is 6.61 Å². The van der Waals surface area contributed by atoms with Crippen molar-refractivity contribution < 1.29 is 42.4 Å². The molecule has 0 aliphatic heterocycles. The predicted molar refractivity (Wildman–Crippen MR) is 118 cm³/mol. The zero-order valence-corrected chi connectivity index (χ0v) is 19.0. The molecule has 1 aromatic carbocycles. The number of methoxy groups -OCH3 is 1. The summed E-state index contributed by atoms with van der Waals surface area (Å²) in [6.45, 7) is -0.214. The van der Waals surface area contributed by atoms with Gasteiger partial charge in [-0.2, -0.15) is 13.9 Å². The summed E-state index contributed by atoms with van der Waals surface area (Å²) in [6, 6.07) is 5.28. The van der Waals surface area contributed by atoms with Gasteiger partial charge in [-0.25, -0.2) is 8.91 Å². The minimum atomic E-state index is -3.22. The smallest absolute Gasteiger partial charge is 0.387 e. The molecule has 1 saturated carbocycles. The maximum absolute atomic E-state index is 13.3. The molecule has 1 fully saturated rings. The second-order valence-corrected chi connectivity index (χ2v) is 8.59. The summed E-state index contributed by atoms with van der Waals surface area (Å²) >= 11 is 0. The summed E-state index contributed by atoms with van der Waals surface area (Å²) in [5.74, 6) is -0.946. The van der Waals surface area contributed by atoms with E-state index in [0.717, 1.165) is 0 Å². The van der Waals surface area contributed by atoms with Crippen molar-refractivity contribution in [2.45, 2.75) is 51.0 Å². The van der Waals surface area contributed by atoms with Crippen molar-refractivity contribution in [2.24, 2.45) is 0 Å². The molecule has 188 valence electrons. The Kier molecular flexibility index (Phi) is 6.52. The number of amides is 1. The van der Waals surface area contributed by atoms with Crippen molar-refractivity contribution in [3.63, 3.8) is 0 Å². The van der Waals surface area contributed by atoms with Gasteiger partial charge in [0.15, 0.2) is 11.9 Å². The number of fused-ring (bicyclic) bond motifs is 1. The van der Waals surface area contributed by atoms with Crippen LogP contribution in [0.5, 0.6) is 17.2 Å². The third-order valence-corrected chi connectivity index (χ3v) is 5.56. The van der Waals surface area contributed by atoms with Gasteiger partial charge in [-0.3, -0.25) is 4.79 Å². The quantitative estimate of drug-likeness (QED) is 0.391. The van der Waals surface area contributed by atoms with Crippen LogP contribution in [-0.4, -0.2) is 63.6 Å². The molecule has 0 radical (unpaired) electrons. The Hall–Kier alpha value is -3.51. The summed E-state index contributed by atoms with van der Waals surface area (Å²) < 4.78 is 56.6. The van der Waals surface area contributed by atoms with E-state index in [9.17, 15) is 28.2 Å². The zero-order valence-electron chi connectivity index (χ0n) is 19.0. The number of pyridine rings is 1. The number of carbonyl (C=O) groups excluding carboxylic acids is 1. The summed E-state index contributed by atoms with van der Waals surface area (Å²) in [5.41, 5.74) is -0.114. The van der Waals surface area contributed by atoms with E-state index in [2.05, 4.69) is 15.2 Å². The number of nitrogens with one attached hydrogen (secondary N) is 1. The number of ether oxygens (including phenoxy) is 3. The Labute approximate surface area is 198 Å². The lowest BCUT2D eigenvalue weighted by Crippen LogP contribution is -2.41. The van der Waals surface area contributed by atoms with Crippen LogP contribution in [0.3, 0.4) is 0 Å². The van der Waals surface area contributed by atoms with Gasteiger partial charge in [0.2, 0.25) is 0 Å². The van der Waals surface area contributed by atoms with Crippen LogP contribution in [0.1, 0.15) is 30.6 Å². The molecule has 9 nitrogen and oxygen atoms in total. The Morgan fingerprint density at radius 1 is 1.26 bits per heavy atom. The van der Waals surface area contributed by atoms with Crippen molar-refractivity contribution in [1.29, 1.82) is 0 Å². The van der Waals surface area contributed by atoms with E-state index in [0.29, 0.717) is 22.4 Å². The van der Waals surface area contributed by atoms with Crippen molar-refractivity contribution in [3.05, 3.63) is 42.2 Å². The van der Waals surface area contributed by atoms with Gasteiger partial charge < -0.3 is 29.7 Å². The highest BCUT2D eigenvalue weighted by Crippen LogP contribution is 2.38. The average molecular weight is 495 g/mol. The van der Waals surface area contributed by atoms with Crippen LogP contribution >= 0.6 is 0 Å². The Morgan fingerprint density at radius 3 is 2.54 bits per heavy atom. The Bertz CT molecular complexity index is 1250. The van der Waals surface area contributed by atoms with E-state index in [1.165, 1.54) is 50.0 Å². The maximum atomic E-state index is 13.3. The molecule has 3 aromatic rings. The van der Waals surface area contributed by atoms with Gasteiger partial charge in [0, 0.05) is 12.0 Å². The van der Waals surface area contributed by atoms with Crippen LogP contribution in [0.25, 0.3) is 16.6 Å². The first-order valence-corrected chi connectivity index (χ1v) is 10.6. The fourth-order valence-electron chi connectivity index (χ4n) is 3.48. The minimum absolute atomic E-state index is 0.0373. The van der Waals surface area contributed by atoms with Crippen molar-refractivity contribution >= 4 is 11.4 Å². The number of rotatable bonds is 9. The summed E-state index contributed by atoms with van der Waals surface area (Å²) in [7, 11) is 1.27. The largest absolute Gasteiger partial charge is 0.496 e. The molecule has 2 atom stereocenters. The van der Waals surface area contributed by atoms with Crippen molar-refractivity contribution in [3.8, 4) is 28.4 Å². The molecule has 0 unspecified atom stereocenters. The summed E-state index contributed by atoms with van der Waals surface area (Å²) in [5, 5.41) is 25.6. The molecule has 2 aromatic heterocycles.